The average molecular weight is 145 g/mol. The molecule has 0 aliphatic heterocycles. The van der Waals surface area contributed by atoms with Gasteiger partial charge in [0.2, 0.25) is 0 Å². The summed E-state index contributed by atoms with van der Waals surface area (Å²) in [7, 11) is 0. The minimum atomic E-state index is 0.299. The van der Waals surface area contributed by atoms with Crippen LogP contribution in [-0.2, 0) is 0 Å². The predicted molar refractivity (Wildman–Crippen MR) is 42.7 cm³/mol. The molecule has 0 atom stereocenters. The van der Waals surface area contributed by atoms with Crippen molar-refractivity contribution < 1.29 is 0 Å². The van der Waals surface area contributed by atoms with Gasteiger partial charge in [-0.2, -0.15) is 0 Å². The lowest BCUT2D eigenvalue weighted by Gasteiger charge is -1.99. The van der Waals surface area contributed by atoms with E-state index in [1.54, 1.807) is 0 Å². The summed E-state index contributed by atoms with van der Waals surface area (Å²) >= 11 is 4.57. The van der Waals surface area contributed by atoms with Gasteiger partial charge in [0.15, 0.2) is 0 Å². The molecule has 9 heavy (non-hydrogen) atoms. The summed E-state index contributed by atoms with van der Waals surface area (Å²) in [4.78, 5) is 0.299. The highest BCUT2D eigenvalue weighted by molar-refractivity contribution is 7.80. The highest BCUT2D eigenvalue weighted by Crippen LogP contribution is 1.75. The third-order valence-corrected chi connectivity index (χ3v) is 0.797. The van der Waals surface area contributed by atoms with Gasteiger partial charge in [0.1, 0.15) is 0 Å². The van der Waals surface area contributed by atoms with Gasteiger partial charge in [-0.25, -0.2) is 0 Å². The van der Waals surface area contributed by atoms with Crippen molar-refractivity contribution in [1.82, 2.24) is 5.32 Å². The van der Waals surface area contributed by atoms with Gasteiger partial charge in [-0.1, -0.05) is 12.2 Å². The lowest BCUT2D eigenvalue weighted by molar-refractivity contribution is 0.842. The molecule has 0 aliphatic carbocycles. The van der Waals surface area contributed by atoms with Crippen LogP contribution in [0.15, 0.2) is 11.9 Å². The molecule has 4 heteroatoms. The lowest BCUT2D eigenvalue weighted by atomic mass is 10.5. The molecule has 52 valence electrons. The Hall–Kier alpha value is -0.770. The minimum absolute atomic E-state index is 0.299. The summed E-state index contributed by atoms with van der Waals surface area (Å²) in [6.07, 6.45) is 1.51. The van der Waals surface area contributed by atoms with Gasteiger partial charge in [0, 0.05) is 12.6 Å². The highest BCUT2D eigenvalue weighted by atomic mass is 32.1. The molecule has 3 nitrogen and oxygen atoms in total. The highest BCUT2D eigenvalue weighted by Gasteiger charge is 1.84. The molecule has 0 aromatic heterocycles. The average Bonchev–Trinajstić information content (AvgIpc) is 1.63. The molecule has 5 N–H and O–H groups in total. The fourth-order valence-electron chi connectivity index (χ4n) is 0.408. The van der Waals surface area contributed by atoms with Crippen LogP contribution in [0.2, 0.25) is 0 Å². The Kier molecular flexibility index (Phi) is 3.79. The van der Waals surface area contributed by atoms with E-state index in [0.717, 1.165) is 6.54 Å². The van der Waals surface area contributed by atoms with E-state index in [2.05, 4.69) is 17.5 Å². The van der Waals surface area contributed by atoms with Crippen LogP contribution >= 0.6 is 12.2 Å². The van der Waals surface area contributed by atoms with E-state index < -0.39 is 0 Å². The first-order valence-electron chi connectivity index (χ1n) is 2.67. The molecule has 0 saturated carbocycles. The van der Waals surface area contributed by atoms with Crippen LogP contribution in [0.25, 0.3) is 0 Å². The smallest absolute Gasteiger partial charge is 0.0998 e. The van der Waals surface area contributed by atoms with Crippen molar-refractivity contribution in [3.05, 3.63) is 11.9 Å². The van der Waals surface area contributed by atoms with E-state index in [-0.39, 0.29) is 0 Å². The van der Waals surface area contributed by atoms with Crippen LogP contribution in [-0.4, -0.2) is 11.5 Å². The molecule has 0 heterocycles. The Labute approximate surface area is 60.1 Å². The molecule has 0 bridgehead atoms. The molecular formula is C5H11N3S. The van der Waals surface area contributed by atoms with Crippen molar-refractivity contribution in [2.24, 2.45) is 11.5 Å². The van der Waals surface area contributed by atoms with Gasteiger partial charge < -0.3 is 16.8 Å². The molecule has 0 aromatic carbocycles. The fraction of sp³-hybridized carbons (Fsp3) is 0.400. The maximum absolute atomic E-state index is 5.37. The van der Waals surface area contributed by atoms with Crippen molar-refractivity contribution in [3.8, 4) is 0 Å². The molecule has 0 unspecified atom stereocenters. The third kappa shape index (κ3) is 5.10. The lowest BCUT2D eigenvalue weighted by Crippen LogP contribution is -2.21. The van der Waals surface area contributed by atoms with Crippen LogP contribution in [0.5, 0.6) is 0 Å². The second kappa shape index (κ2) is 4.14. The standard InChI is InChI=1S/C5H11N3S/c1-2-8-4(6)3-5(7)9/h3,8H,2,6H2,1H3,(H2,7,9)/b4-3-. The number of nitrogens with one attached hydrogen (secondary N) is 1. The first kappa shape index (κ1) is 8.23. The molecule has 0 aliphatic rings. The van der Waals surface area contributed by atoms with E-state index in [0.29, 0.717) is 10.8 Å². The first-order valence-corrected chi connectivity index (χ1v) is 3.08. The van der Waals surface area contributed by atoms with Crippen molar-refractivity contribution in [1.29, 1.82) is 0 Å². The van der Waals surface area contributed by atoms with Gasteiger partial charge in [0.05, 0.1) is 10.8 Å². The second-order valence-electron chi connectivity index (χ2n) is 1.53. The van der Waals surface area contributed by atoms with Crippen LogP contribution in [0, 0.1) is 0 Å². The summed E-state index contributed by atoms with van der Waals surface area (Å²) in [5, 5.41) is 2.85. The van der Waals surface area contributed by atoms with Crippen LogP contribution in [0.3, 0.4) is 0 Å². The van der Waals surface area contributed by atoms with Crippen LogP contribution in [0.4, 0.5) is 0 Å². The Bertz CT molecular complexity index is 130. The number of thiocarbonyl (C=S) groups is 1. The van der Waals surface area contributed by atoms with Crippen molar-refractivity contribution >= 4 is 17.2 Å². The van der Waals surface area contributed by atoms with Crippen LogP contribution < -0.4 is 16.8 Å². The first-order chi connectivity index (χ1) is 4.16. The van der Waals surface area contributed by atoms with E-state index in [1.807, 2.05) is 6.92 Å². The van der Waals surface area contributed by atoms with Crippen molar-refractivity contribution in [2.45, 2.75) is 6.92 Å². The summed E-state index contributed by atoms with van der Waals surface area (Å²) in [6, 6.07) is 0. The summed E-state index contributed by atoms with van der Waals surface area (Å²) in [5.74, 6) is 0.519. The number of rotatable bonds is 3. The largest absolute Gasteiger partial charge is 0.390 e. The summed E-state index contributed by atoms with van der Waals surface area (Å²) in [5.41, 5.74) is 10.5. The van der Waals surface area contributed by atoms with Crippen LogP contribution in [0.1, 0.15) is 6.92 Å². The minimum Gasteiger partial charge on any atom is -0.390 e. The molecule has 0 radical (unpaired) electrons. The van der Waals surface area contributed by atoms with Gasteiger partial charge in [-0.3, -0.25) is 0 Å². The zero-order valence-corrected chi connectivity index (χ0v) is 6.16. The summed E-state index contributed by atoms with van der Waals surface area (Å²) in [6.45, 7) is 2.73. The fourth-order valence-corrected chi connectivity index (χ4v) is 0.535. The SMILES string of the molecule is CCN/C(N)=C\C(N)=S. The van der Waals surface area contributed by atoms with Gasteiger partial charge in [-0.05, 0) is 6.92 Å². The van der Waals surface area contributed by atoms with Crippen molar-refractivity contribution in [3.63, 3.8) is 0 Å². The molecular weight excluding hydrogens is 134 g/mol. The number of hydrogen-bond donors (Lipinski definition) is 3. The molecule has 0 amide bonds. The molecule has 0 saturated heterocycles. The zero-order chi connectivity index (χ0) is 7.28. The monoisotopic (exact) mass is 145 g/mol. The zero-order valence-electron chi connectivity index (χ0n) is 5.35. The molecule has 0 rings (SSSR count). The third-order valence-electron chi connectivity index (χ3n) is 0.679. The Morgan fingerprint density at radius 1 is 1.67 bits per heavy atom. The normalized spacial score (nSPS) is 11.0. The second-order valence-corrected chi connectivity index (χ2v) is 2.00. The predicted octanol–water partition coefficient (Wildman–Crippen LogP) is -0.318. The topological polar surface area (TPSA) is 64.1 Å². The maximum Gasteiger partial charge on any atom is 0.0998 e. The molecule has 0 fully saturated rings. The van der Waals surface area contributed by atoms with Crippen molar-refractivity contribution in [2.75, 3.05) is 6.54 Å². The van der Waals surface area contributed by atoms with E-state index in [1.165, 1.54) is 6.08 Å². The Balaban J connectivity index is 3.69. The van der Waals surface area contributed by atoms with Gasteiger partial charge in [-0.15, -0.1) is 0 Å². The Morgan fingerprint density at radius 2 is 2.22 bits per heavy atom. The molecule has 0 spiro atoms. The summed E-state index contributed by atoms with van der Waals surface area (Å²) < 4.78 is 0. The Morgan fingerprint density at radius 3 is 2.56 bits per heavy atom. The molecule has 0 aromatic rings. The quantitative estimate of drug-likeness (QED) is 0.376. The number of nitrogens with two attached hydrogens (primary N) is 2. The van der Waals surface area contributed by atoms with E-state index in [9.17, 15) is 0 Å². The van der Waals surface area contributed by atoms with E-state index in [4.69, 9.17) is 11.5 Å². The van der Waals surface area contributed by atoms with E-state index >= 15 is 0 Å². The van der Waals surface area contributed by atoms with Gasteiger partial charge in [0.25, 0.3) is 0 Å². The van der Waals surface area contributed by atoms with Gasteiger partial charge >= 0.3 is 0 Å². The number of hydrogen-bond acceptors (Lipinski definition) is 3. The maximum atomic E-state index is 5.37.